The Morgan fingerprint density at radius 1 is 1.04 bits per heavy atom. The first-order chi connectivity index (χ1) is 25.5. The van der Waals surface area contributed by atoms with Crippen LogP contribution in [0, 0.1) is 15.9 Å². The summed E-state index contributed by atoms with van der Waals surface area (Å²) >= 11 is 0. The molecule has 292 valence electrons. The van der Waals surface area contributed by atoms with E-state index in [9.17, 15) is 42.7 Å². The Bertz CT molecular complexity index is 1940. The van der Waals surface area contributed by atoms with Crippen LogP contribution >= 0.6 is 0 Å². The van der Waals surface area contributed by atoms with Crippen LogP contribution in [0.2, 0.25) is 0 Å². The Labute approximate surface area is 312 Å². The summed E-state index contributed by atoms with van der Waals surface area (Å²) in [6.07, 6.45) is 3.97. The molecule has 0 aliphatic carbocycles. The normalized spacial score (nSPS) is 12.8. The second-order valence-corrected chi connectivity index (χ2v) is 14.2. The van der Waals surface area contributed by atoms with E-state index in [1.54, 1.807) is 6.07 Å². The van der Waals surface area contributed by atoms with Crippen molar-refractivity contribution in [2.75, 3.05) is 37.9 Å². The number of aliphatic hydroxyl groups excluding tert-OH is 2. The van der Waals surface area contributed by atoms with Gasteiger partial charge in [0.1, 0.15) is 5.82 Å². The fraction of sp³-hybridized carbons (Fsp3) is 0.389. The fourth-order valence-electron chi connectivity index (χ4n) is 4.80. The maximum Gasteiger partial charge on any atom is 0.330 e. The molecule has 2 N–H and O–H groups in total. The molecular weight excluding hydrogens is 731 g/mol. The number of sulfonamides is 1. The molecular formula is C36H43FN4O12S. The number of methoxy groups -OCH3 is 1. The van der Waals surface area contributed by atoms with Crippen LogP contribution in [0.5, 0.6) is 11.5 Å². The number of anilines is 1. The van der Waals surface area contributed by atoms with Crippen LogP contribution in [0.3, 0.4) is 0 Å². The Balaban J connectivity index is 1.66. The second kappa shape index (κ2) is 20.1. The molecule has 1 aromatic heterocycles. The number of benzene rings is 2. The Kier molecular flexibility index (Phi) is 16.0. The summed E-state index contributed by atoms with van der Waals surface area (Å²) < 4.78 is 55.0. The average Bonchev–Trinajstić information content (AvgIpc) is 3.10. The lowest BCUT2D eigenvalue weighted by atomic mass is 9.97. The molecule has 0 aliphatic heterocycles. The van der Waals surface area contributed by atoms with Crippen LogP contribution in [0.1, 0.15) is 62.3 Å². The molecule has 0 amide bonds. The van der Waals surface area contributed by atoms with E-state index < -0.39 is 51.5 Å². The minimum atomic E-state index is -3.72. The zero-order chi connectivity index (χ0) is 40.0. The Hall–Kier alpha value is -5.46. The lowest BCUT2D eigenvalue weighted by Gasteiger charge is -2.20. The van der Waals surface area contributed by atoms with E-state index in [4.69, 9.17) is 14.2 Å². The van der Waals surface area contributed by atoms with Gasteiger partial charge in [-0.3, -0.25) is 4.79 Å². The monoisotopic (exact) mass is 774 g/mol. The van der Waals surface area contributed by atoms with E-state index >= 15 is 0 Å². The van der Waals surface area contributed by atoms with Gasteiger partial charge in [-0.05, 0) is 66.8 Å². The molecule has 0 unspecified atom stereocenters. The molecule has 0 saturated heterocycles. The van der Waals surface area contributed by atoms with Crippen LogP contribution in [-0.4, -0.2) is 91.5 Å². The molecule has 3 rings (SSSR count). The van der Waals surface area contributed by atoms with Gasteiger partial charge >= 0.3 is 11.9 Å². The number of carbonyl (C=O) groups excluding carboxylic acids is 2. The molecule has 0 fully saturated rings. The van der Waals surface area contributed by atoms with Gasteiger partial charge in [-0.15, -0.1) is 10.1 Å². The molecule has 16 nitrogen and oxygen atoms in total. The standard InChI is InChI=1S/C36H43FN4O12S/c1-23(2)34-29(35(25-10-12-26(37)13-11-25)39-36(38-34)40(3)54(5,48)49)15-14-27(42)21-28(43)22-33(45)53-30-16-8-24(20-31(30)50-4)9-17-32(44)51-18-6-7-19-52-41(46)47/h8-17,20,23,27-28,42-43H,6-7,18-19,21-22H2,1-5H3/t27-,28-/m1/s1. The van der Waals surface area contributed by atoms with E-state index in [0.29, 0.717) is 35.2 Å². The summed E-state index contributed by atoms with van der Waals surface area (Å²) in [6.45, 7) is 3.63. The van der Waals surface area contributed by atoms with E-state index in [-0.39, 0.29) is 48.7 Å². The summed E-state index contributed by atoms with van der Waals surface area (Å²) in [5.41, 5.74) is 2.17. The zero-order valence-corrected chi connectivity index (χ0v) is 31.2. The molecule has 2 atom stereocenters. The van der Waals surface area contributed by atoms with Gasteiger partial charge in [0.05, 0.1) is 56.6 Å². The molecule has 0 saturated carbocycles. The first-order valence-corrected chi connectivity index (χ1v) is 18.5. The molecule has 54 heavy (non-hydrogen) atoms. The zero-order valence-electron chi connectivity index (χ0n) is 30.4. The number of aromatic nitrogens is 2. The Morgan fingerprint density at radius 2 is 1.72 bits per heavy atom. The van der Waals surface area contributed by atoms with Gasteiger partial charge in [0, 0.05) is 30.7 Å². The van der Waals surface area contributed by atoms with Gasteiger partial charge in [0.15, 0.2) is 11.5 Å². The summed E-state index contributed by atoms with van der Waals surface area (Å²) in [5, 5.41) is 30.7. The van der Waals surface area contributed by atoms with Crippen molar-refractivity contribution in [3.63, 3.8) is 0 Å². The number of hydrogen-bond donors (Lipinski definition) is 2. The van der Waals surface area contributed by atoms with Gasteiger partial charge < -0.3 is 29.3 Å². The van der Waals surface area contributed by atoms with E-state index in [0.717, 1.165) is 10.6 Å². The van der Waals surface area contributed by atoms with Crippen LogP contribution in [0.15, 0.2) is 54.6 Å². The van der Waals surface area contributed by atoms with Gasteiger partial charge in [0.25, 0.3) is 5.09 Å². The number of esters is 2. The average molecular weight is 775 g/mol. The van der Waals surface area contributed by atoms with E-state index in [2.05, 4.69) is 14.8 Å². The largest absolute Gasteiger partial charge is 0.493 e. The lowest BCUT2D eigenvalue weighted by Crippen LogP contribution is -2.27. The fourth-order valence-corrected chi connectivity index (χ4v) is 5.18. The summed E-state index contributed by atoms with van der Waals surface area (Å²) in [5.74, 6) is -2.05. The van der Waals surface area contributed by atoms with Gasteiger partial charge in [-0.1, -0.05) is 32.1 Å². The van der Waals surface area contributed by atoms with Crippen molar-refractivity contribution < 1.29 is 56.7 Å². The van der Waals surface area contributed by atoms with Crippen molar-refractivity contribution in [1.82, 2.24) is 9.97 Å². The third-order valence-corrected chi connectivity index (χ3v) is 8.77. The SMILES string of the molecule is COc1cc(C=CC(=O)OCCCCO[N+](=O)[O-])ccc1OC(=O)C[C@H](O)C[C@H](O)C=Cc1c(-c2ccc(F)cc2)nc(N(C)S(C)(=O)=O)nc1C(C)C. The first kappa shape index (κ1) is 42.9. The highest BCUT2D eigenvalue weighted by Gasteiger charge is 2.23. The summed E-state index contributed by atoms with van der Waals surface area (Å²) in [7, 11) is -1.06. The number of rotatable bonds is 20. The summed E-state index contributed by atoms with van der Waals surface area (Å²) in [4.78, 5) is 48.0. The van der Waals surface area contributed by atoms with Crippen LogP contribution < -0.4 is 13.8 Å². The maximum atomic E-state index is 13.8. The van der Waals surface area contributed by atoms with Crippen LogP contribution in [-0.2, 0) is 29.2 Å². The number of hydrogen-bond acceptors (Lipinski definition) is 14. The first-order valence-electron chi connectivity index (χ1n) is 16.6. The number of aliphatic hydroxyl groups is 2. The van der Waals surface area contributed by atoms with Crippen molar-refractivity contribution in [2.45, 2.75) is 57.7 Å². The highest BCUT2D eigenvalue weighted by Crippen LogP contribution is 2.32. The number of ether oxygens (including phenoxy) is 3. The highest BCUT2D eigenvalue weighted by molar-refractivity contribution is 7.92. The molecule has 0 radical (unpaired) electrons. The van der Waals surface area contributed by atoms with Gasteiger partial charge in [-0.25, -0.2) is 31.9 Å². The number of carbonyl (C=O) groups is 2. The number of nitrogens with zero attached hydrogens (tertiary/aromatic N) is 4. The predicted octanol–water partition coefficient (Wildman–Crippen LogP) is 4.48. The molecule has 0 spiro atoms. The molecule has 18 heteroatoms. The maximum absolute atomic E-state index is 13.8. The predicted molar refractivity (Wildman–Crippen MR) is 196 cm³/mol. The molecule has 0 aliphatic rings. The molecule has 0 bridgehead atoms. The van der Waals surface area contributed by atoms with Crippen molar-refractivity contribution in [3.05, 3.63) is 87.4 Å². The van der Waals surface area contributed by atoms with Crippen molar-refractivity contribution in [2.24, 2.45) is 0 Å². The van der Waals surface area contributed by atoms with E-state index in [1.165, 1.54) is 74.9 Å². The summed E-state index contributed by atoms with van der Waals surface area (Å²) in [6, 6.07) is 9.94. The topological polar surface area (TPSA) is 218 Å². The second-order valence-electron chi connectivity index (χ2n) is 12.2. The van der Waals surface area contributed by atoms with Crippen LogP contribution in [0.25, 0.3) is 23.4 Å². The van der Waals surface area contributed by atoms with Crippen molar-refractivity contribution in [1.29, 1.82) is 0 Å². The van der Waals surface area contributed by atoms with Gasteiger partial charge in [-0.2, -0.15) is 0 Å². The van der Waals surface area contributed by atoms with E-state index in [1.807, 2.05) is 13.8 Å². The third kappa shape index (κ3) is 13.5. The quantitative estimate of drug-likeness (QED) is 0.0404. The smallest absolute Gasteiger partial charge is 0.330 e. The molecule has 3 aromatic rings. The minimum absolute atomic E-state index is 0.0475. The third-order valence-electron chi connectivity index (χ3n) is 7.61. The van der Waals surface area contributed by atoms with Gasteiger partial charge in [0.2, 0.25) is 16.0 Å². The van der Waals surface area contributed by atoms with Crippen molar-refractivity contribution >= 4 is 40.1 Å². The lowest BCUT2D eigenvalue weighted by molar-refractivity contribution is -0.757. The number of unbranched alkanes of at least 4 members (excludes halogenated alkanes) is 1. The Morgan fingerprint density at radius 3 is 2.35 bits per heavy atom. The highest BCUT2D eigenvalue weighted by atomic mass is 32.2. The minimum Gasteiger partial charge on any atom is -0.493 e. The van der Waals surface area contributed by atoms with Crippen LogP contribution in [0.4, 0.5) is 10.3 Å². The number of halogens is 1. The van der Waals surface area contributed by atoms with Crippen molar-refractivity contribution in [3.8, 4) is 22.8 Å². The molecule has 2 aromatic carbocycles. The molecule has 1 heterocycles.